The smallest absolute Gasteiger partial charge is 0.130 e. The van der Waals surface area contributed by atoms with Gasteiger partial charge in [-0.05, 0) is 13.8 Å². The summed E-state index contributed by atoms with van der Waals surface area (Å²) in [5.41, 5.74) is 0. The number of hydrogen-bond acceptors (Lipinski definition) is 1. The third-order valence-electron chi connectivity index (χ3n) is 1.13. The summed E-state index contributed by atoms with van der Waals surface area (Å²) in [5, 5.41) is 0. The van der Waals surface area contributed by atoms with Crippen molar-refractivity contribution in [3.63, 3.8) is 0 Å². The third-order valence-corrected chi connectivity index (χ3v) is 1.13. The van der Waals surface area contributed by atoms with Crippen LogP contribution >= 0.6 is 0 Å². The monoisotopic (exact) mass is 152 g/mol. The molecule has 11 heavy (non-hydrogen) atoms. The lowest BCUT2D eigenvalue weighted by Gasteiger charge is -2.00. The van der Waals surface area contributed by atoms with Crippen molar-refractivity contribution in [1.82, 2.24) is 0 Å². The molecule has 0 aromatic carbocycles. The van der Waals surface area contributed by atoms with Gasteiger partial charge < -0.3 is 0 Å². The summed E-state index contributed by atoms with van der Waals surface area (Å²) in [5.74, 6) is 1.27. The summed E-state index contributed by atoms with van der Waals surface area (Å²) in [7, 11) is 0. The quantitative estimate of drug-likeness (QED) is 0.429. The molecule has 2 nitrogen and oxygen atoms in total. The molecule has 0 spiro atoms. The van der Waals surface area contributed by atoms with E-state index in [1.807, 2.05) is 19.9 Å². The minimum Gasteiger partial charge on any atom is -0.246 e. The van der Waals surface area contributed by atoms with Crippen LogP contribution in [-0.2, 0) is 0 Å². The first kappa shape index (κ1) is 10.1. The Balaban J connectivity index is 4.32. The van der Waals surface area contributed by atoms with E-state index in [0.29, 0.717) is 5.92 Å². The van der Waals surface area contributed by atoms with Gasteiger partial charge in [0.1, 0.15) is 5.84 Å². The van der Waals surface area contributed by atoms with E-state index in [0.717, 1.165) is 5.84 Å². The maximum atomic E-state index is 4.17. The van der Waals surface area contributed by atoms with Crippen molar-refractivity contribution < 1.29 is 0 Å². The molecule has 0 atom stereocenters. The van der Waals surface area contributed by atoms with Crippen molar-refractivity contribution in [3.05, 3.63) is 12.3 Å². The van der Waals surface area contributed by atoms with Crippen LogP contribution in [-0.4, -0.2) is 12.1 Å². The molecule has 0 saturated carbocycles. The summed E-state index contributed by atoms with van der Waals surface area (Å²) in [6, 6.07) is 0. The van der Waals surface area contributed by atoms with Gasteiger partial charge in [-0.25, -0.2) is 9.98 Å². The van der Waals surface area contributed by atoms with Gasteiger partial charge in [0.15, 0.2) is 0 Å². The highest BCUT2D eigenvalue weighted by Gasteiger charge is 1.99. The van der Waals surface area contributed by atoms with Gasteiger partial charge in [0, 0.05) is 18.3 Å². The SMILES string of the molecule is C\C=C/N=C(\N=C/C)C(C)C. The van der Waals surface area contributed by atoms with Gasteiger partial charge in [0.2, 0.25) is 0 Å². The Bertz CT molecular complexity index is 176. The number of hydrogen-bond donors (Lipinski definition) is 0. The Labute approximate surface area is 68.8 Å². The normalized spacial score (nSPS) is 14.1. The average Bonchev–Trinajstić information content (AvgIpc) is 1.97. The standard InChI is InChI=1S/C9H16N2/c1-5-7-11-9(8(3)4)10-6-2/h5-8H,1-4H3/b7-5-,10-6-,11-9-. The van der Waals surface area contributed by atoms with E-state index in [4.69, 9.17) is 0 Å². The summed E-state index contributed by atoms with van der Waals surface area (Å²) < 4.78 is 0. The van der Waals surface area contributed by atoms with Crippen molar-refractivity contribution in [2.45, 2.75) is 27.7 Å². The van der Waals surface area contributed by atoms with Crippen molar-refractivity contribution in [2.75, 3.05) is 0 Å². The molecule has 0 N–H and O–H groups in total. The highest BCUT2D eigenvalue weighted by atomic mass is 14.9. The largest absolute Gasteiger partial charge is 0.246 e. The molecule has 0 rings (SSSR count). The first-order chi connectivity index (χ1) is 5.22. The first-order valence-corrected chi connectivity index (χ1v) is 3.90. The zero-order valence-electron chi connectivity index (χ0n) is 7.70. The van der Waals surface area contributed by atoms with Crippen molar-refractivity contribution in [3.8, 4) is 0 Å². The predicted octanol–water partition coefficient (Wildman–Crippen LogP) is 2.67. The Morgan fingerprint density at radius 1 is 1.27 bits per heavy atom. The Kier molecular flexibility index (Phi) is 5.35. The number of allylic oxidation sites excluding steroid dienone is 1. The van der Waals surface area contributed by atoms with Crippen LogP contribution in [0, 0.1) is 5.92 Å². The van der Waals surface area contributed by atoms with Gasteiger partial charge in [0.25, 0.3) is 0 Å². The molecule has 62 valence electrons. The molecule has 0 aliphatic heterocycles. The molecule has 0 bridgehead atoms. The van der Waals surface area contributed by atoms with Gasteiger partial charge in [-0.2, -0.15) is 0 Å². The molecule has 0 aliphatic carbocycles. The molecular weight excluding hydrogens is 136 g/mol. The van der Waals surface area contributed by atoms with E-state index in [2.05, 4.69) is 23.8 Å². The Hall–Kier alpha value is -0.920. The van der Waals surface area contributed by atoms with E-state index in [9.17, 15) is 0 Å². The fourth-order valence-corrected chi connectivity index (χ4v) is 0.615. The fraction of sp³-hybridized carbons (Fsp3) is 0.556. The van der Waals surface area contributed by atoms with Gasteiger partial charge in [-0.15, -0.1) is 0 Å². The summed E-state index contributed by atoms with van der Waals surface area (Å²) in [4.78, 5) is 8.30. The number of amidine groups is 1. The van der Waals surface area contributed by atoms with Crippen molar-refractivity contribution in [1.29, 1.82) is 0 Å². The second-order valence-corrected chi connectivity index (χ2v) is 2.51. The van der Waals surface area contributed by atoms with Gasteiger partial charge >= 0.3 is 0 Å². The highest BCUT2D eigenvalue weighted by molar-refractivity contribution is 5.90. The maximum absolute atomic E-state index is 4.17. The lowest BCUT2D eigenvalue weighted by atomic mass is 10.2. The zero-order chi connectivity index (χ0) is 8.69. The molecule has 0 fully saturated rings. The molecule has 0 aliphatic rings. The lowest BCUT2D eigenvalue weighted by Crippen LogP contribution is -2.03. The molecule has 2 heteroatoms. The van der Waals surface area contributed by atoms with Crippen LogP contribution in [0.25, 0.3) is 0 Å². The van der Waals surface area contributed by atoms with Gasteiger partial charge in [0.05, 0.1) is 0 Å². The van der Waals surface area contributed by atoms with E-state index < -0.39 is 0 Å². The number of aliphatic imine (C=N–C) groups is 2. The third kappa shape index (κ3) is 4.48. The fourth-order valence-electron chi connectivity index (χ4n) is 0.615. The molecule has 0 amide bonds. The maximum Gasteiger partial charge on any atom is 0.130 e. The summed E-state index contributed by atoms with van der Waals surface area (Å²) in [6.45, 7) is 8.00. The second-order valence-electron chi connectivity index (χ2n) is 2.51. The lowest BCUT2D eigenvalue weighted by molar-refractivity contribution is 0.873. The van der Waals surface area contributed by atoms with E-state index >= 15 is 0 Å². The van der Waals surface area contributed by atoms with Crippen LogP contribution < -0.4 is 0 Å². The minimum absolute atomic E-state index is 0.391. The first-order valence-electron chi connectivity index (χ1n) is 3.90. The van der Waals surface area contributed by atoms with Crippen LogP contribution in [0.2, 0.25) is 0 Å². The van der Waals surface area contributed by atoms with Crippen LogP contribution in [0.3, 0.4) is 0 Å². The molecule has 0 radical (unpaired) electrons. The number of nitrogens with zero attached hydrogens (tertiary/aromatic N) is 2. The van der Waals surface area contributed by atoms with E-state index in [1.165, 1.54) is 0 Å². The minimum atomic E-state index is 0.391. The Morgan fingerprint density at radius 2 is 1.91 bits per heavy atom. The summed E-state index contributed by atoms with van der Waals surface area (Å²) >= 11 is 0. The summed E-state index contributed by atoms with van der Waals surface area (Å²) in [6.07, 6.45) is 5.43. The van der Waals surface area contributed by atoms with Crippen LogP contribution in [0.4, 0.5) is 0 Å². The average molecular weight is 152 g/mol. The predicted molar refractivity (Wildman–Crippen MR) is 51.3 cm³/mol. The highest BCUT2D eigenvalue weighted by Crippen LogP contribution is 1.98. The van der Waals surface area contributed by atoms with E-state index in [-0.39, 0.29) is 0 Å². The van der Waals surface area contributed by atoms with Crippen molar-refractivity contribution >= 4 is 12.1 Å². The van der Waals surface area contributed by atoms with Crippen LogP contribution in [0.1, 0.15) is 27.7 Å². The molecule has 0 unspecified atom stereocenters. The van der Waals surface area contributed by atoms with Gasteiger partial charge in [-0.1, -0.05) is 19.9 Å². The second kappa shape index (κ2) is 5.83. The van der Waals surface area contributed by atoms with Crippen molar-refractivity contribution in [2.24, 2.45) is 15.9 Å². The van der Waals surface area contributed by atoms with E-state index in [1.54, 1.807) is 12.4 Å². The molecule has 0 aromatic rings. The molecule has 0 heterocycles. The topological polar surface area (TPSA) is 24.7 Å². The zero-order valence-corrected chi connectivity index (χ0v) is 7.70. The van der Waals surface area contributed by atoms with Crippen LogP contribution in [0.15, 0.2) is 22.3 Å². The van der Waals surface area contributed by atoms with Crippen LogP contribution in [0.5, 0.6) is 0 Å². The van der Waals surface area contributed by atoms with Gasteiger partial charge in [-0.3, -0.25) is 0 Å². The Morgan fingerprint density at radius 3 is 2.27 bits per heavy atom. The molecule has 0 aromatic heterocycles. The molecule has 0 saturated heterocycles. The number of rotatable bonds is 2. The molecular formula is C9H16N2.